The van der Waals surface area contributed by atoms with Crippen LogP contribution in [0.3, 0.4) is 0 Å². The molecule has 1 aliphatic rings. The Labute approximate surface area is 265 Å². The van der Waals surface area contributed by atoms with Crippen molar-refractivity contribution in [1.29, 1.82) is 0 Å². The largest absolute Gasteiger partial charge is 0.483 e. The first-order valence-electron chi connectivity index (χ1n) is 15.1. The molecule has 10 heteroatoms. The van der Waals surface area contributed by atoms with E-state index in [0.717, 1.165) is 44.2 Å². The first kappa shape index (κ1) is 33.4. The number of rotatable bonds is 14. The van der Waals surface area contributed by atoms with Crippen LogP contribution in [0.4, 0.5) is 11.4 Å². The fourth-order valence-electron chi connectivity index (χ4n) is 5.86. The summed E-state index contributed by atoms with van der Waals surface area (Å²) in [6.45, 7) is 4.37. The maximum atomic E-state index is 14.2. The first-order chi connectivity index (χ1) is 21.1. The zero-order chi connectivity index (χ0) is 31.7. The van der Waals surface area contributed by atoms with Crippen molar-refractivity contribution in [2.45, 2.75) is 68.2 Å². The molecule has 0 bridgehead atoms. The van der Waals surface area contributed by atoms with E-state index in [1.807, 2.05) is 42.7 Å². The highest BCUT2D eigenvalue weighted by Gasteiger charge is 2.42. The summed E-state index contributed by atoms with van der Waals surface area (Å²) in [6, 6.07) is 20.4. The molecule has 0 unspecified atom stereocenters. The van der Waals surface area contributed by atoms with Gasteiger partial charge in [0, 0.05) is 23.7 Å². The summed E-state index contributed by atoms with van der Waals surface area (Å²) in [7, 11) is -3.75. The minimum absolute atomic E-state index is 0.0340. The maximum Gasteiger partial charge on any atom is 0.330 e. The molecular formula is C34H42N2O6S2. The molecule has 0 saturated heterocycles. The van der Waals surface area contributed by atoms with Crippen LogP contribution in [0.25, 0.3) is 0 Å². The summed E-state index contributed by atoms with van der Waals surface area (Å²) in [5.41, 5.74) is 1.53. The van der Waals surface area contributed by atoms with E-state index >= 15 is 0 Å². The number of amides is 1. The van der Waals surface area contributed by atoms with Crippen LogP contribution < -0.4 is 15.0 Å². The van der Waals surface area contributed by atoms with E-state index in [-0.39, 0.29) is 16.4 Å². The van der Waals surface area contributed by atoms with Crippen LogP contribution in [-0.2, 0) is 19.4 Å². The lowest BCUT2D eigenvalue weighted by atomic mass is 9.79. The summed E-state index contributed by atoms with van der Waals surface area (Å²) < 4.78 is 34.4. The van der Waals surface area contributed by atoms with Crippen LogP contribution >= 0.6 is 11.8 Å². The van der Waals surface area contributed by atoms with Gasteiger partial charge in [-0.2, -0.15) is 0 Å². The van der Waals surface area contributed by atoms with Crippen molar-refractivity contribution in [1.82, 2.24) is 5.32 Å². The molecule has 0 saturated carbocycles. The molecule has 236 valence electrons. The molecule has 2 N–H and O–H groups in total. The van der Waals surface area contributed by atoms with E-state index in [1.165, 1.54) is 11.8 Å². The average molecular weight is 639 g/mol. The minimum atomic E-state index is -3.75. The number of carboxylic acid groups (broad SMARTS) is 1. The summed E-state index contributed by atoms with van der Waals surface area (Å²) in [5, 5.41) is 12.2. The van der Waals surface area contributed by atoms with Crippen molar-refractivity contribution < 1.29 is 27.9 Å². The minimum Gasteiger partial charge on any atom is -0.483 e. The lowest BCUT2D eigenvalue weighted by Crippen LogP contribution is -2.38. The molecule has 0 fully saturated rings. The van der Waals surface area contributed by atoms with Crippen molar-refractivity contribution in [3.05, 3.63) is 78.4 Å². The molecule has 44 heavy (non-hydrogen) atoms. The number of aliphatic carboxylic acids is 1. The van der Waals surface area contributed by atoms with Gasteiger partial charge in [0.25, 0.3) is 5.91 Å². The van der Waals surface area contributed by atoms with E-state index in [2.05, 4.69) is 24.1 Å². The van der Waals surface area contributed by atoms with E-state index in [9.17, 15) is 23.1 Å². The molecule has 0 spiro atoms. The first-order valence-corrected chi connectivity index (χ1v) is 18.0. The van der Waals surface area contributed by atoms with E-state index < -0.39 is 39.8 Å². The molecule has 1 amide bonds. The fraction of sp³-hybridized carbons (Fsp3) is 0.412. The zero-order valence-corrected chi connectivity index (χ0v) is 27.3. The third kappa shape index (κ3) is 7.95. The Balaban J connectivity index is 1.71. The summed E-state index contributed by atoms with van der Waals surface area (Å²) >= 11 is 1.40. The fourth-order valence-corrected chi connectivity index (χ4v) is 8.52. The van der Waals surface area contributed by atoms with Crippen LogP contribution in [-0.4, -0.2) is 50.6 Å². The lowest BCUT2D eigenvalue weighted by Gasteiger charge is -2.37. The maximum absolute atomic E-state index is 14.2. The van der Waals surface area contributed by atoms with Gasteiger partial charge in [-0.25, -0.2) is 13.2 Å². The number of unbranched alkanes of at least 4 members (excludes halogenated alkanes) is 2. The van der Waals surface area contributed by atoms with Gasteiger partial charge in [-0.05, 0) is 42.9 Å². The van der Waals surface area contributed by atoms with E-state index in [0.29, 0.717) is 22.7 Å². The molecule has 1 heterocycles. The third-order valence-electron chi connectivity index (χ3n) is 8.09. The molecule has 0 radical (unpaired) electrons. The Morgan fingerprint density at radius 3 is 2.18 bits per heavy atom. The SMILES string of the molecule is CCCCC1(CCCC)CN(c2ccccc2)c2cc(SC)c(OCC(=O)N[C@H](C(=O)O)c3ccccc3)cc2S(=O)(=O)C1. The average Bonchev–Trinajstić information content (AvgIpc) is 3.12. The van der Waals surface area contributed by atoms with Gasteiger partial charge in [0.1, 0.15) is 5.75 Å². The second-order valence-corrected chi connectivity index (χ2v) is 14.2. The molecule has 3 aromatic carbocycles. The van der Waals surface area contributed by atoms with E-state index in [4.69, 9.17) is 4.74 Å². The van der Waals surface area contributed by atoms with Crippen LogP contribution in [0.2, 0.25) is 0 Å². The molecule has 0 aliphatic carbocycles. The van der Waals surface area contributed by atoms with Crippen molar-refractivity contribution in [3.63, 3.8) is 0 Å². The standard InChI is InChI=1S/C34H42N2O6S2/c1-4-6-18-34(19-7-5-2)23-36(26-16-12-9-13-17-26)27-20-29(43-3)28(21-30(27)44(40,41)24-34)42-22-31(37)35-32(33(38)39)25-14-10-8-11-15-25/h8-17,20-21,32H,4-7,18-19,22-24H2,1-3H3,(H,35,37)(H,38,39)/t32-/m0/s1. The molecule has 0 aromatic heterocycles. The van der Waals surface area contributed by atoms with Crippen molar-refractivity contribution in [3.8, 4) is 5.75 Å². The number of nitrogens with one attached hydrogen (secondary N) is 1. The Hall–Kier alpha value is -3.50. The summed E-state index contributed by atoms with van der Waals surface area (Å²) in [5.74, 6) is -1.52. The predicted octanol–water partition coefficient (Wildman–Crippen LogP) is 7.02. The summed E-state index contributed by atoms with van der Waals surface area (Å²) in [6.07, 6.45) is 7.34. The molecule has 1 aliphatic heterocycles. The highest BCUT2D eigenvalue weighted by molar-refractivity contribution is 7.98. The van der Waals surface area contributed by atoms with Crippen molar-refractivity contribution >= 4 is 44.9 Å². The number of benzene rings is 3. The van der Waals surface area contributed by atoms with Crippen LogP contribution in [0.5, 0.6) is 5.75 Å². The number of para-hydroxylation sites is 1. The van der Waals surface area contributed by atoms with Gasteiger partial charge in [-0.1, -0.05) is 88.1 Å². The number of hydrogen-bond donors (Lipinski definition) is 2. The number of carboxylic acids is 1. The third-order valence-corrected chi connectivity index (χ3v) is 10.8. The van der Waals surface area contributed by atoms with Crippen LogP contribution in [0, 0.1) is 5.41 Å². The number of hydrogen-bond acceptors (Lipinski definition) is 7. The number of fused-ring (bicyclic) bond motifs is 1. The van der Waals surface area contributed by atoms with Gasteiger partial charge in [-0.15, -0.1) is 11.8 Å². The molecular weight excluding hydrogens is 597 g/mol. The van der Waals surface area contributed by atoms with Crippen molar-refractivity contribution in [2.24, 2.45) is 5.41 Å². The number of sulfone groups is 1. The number of thioether (sulfide) groups is 1. The zero-order valence-electron chi connectivity index (χ0n) is 25.6. The predicted molar refractivity (Wildman–Crippen MR) is 176 cm³/mol. The Bertz CT molecular complexity index is 1520. The summed E-state index contributed by atoms with van der Waals surface area (Å²) in [4.78, 5) is 27.7. The van der Waals surface area contributed by atoms with Gasteiger partial charge in [0.05, 0.1) is 21.2 Å². The Morgan fingerprint density at radius 2 is 1.61 bits per heavy atom. The quantitative estimate of drug-likeness (QED) is 0.181. The number of ether oxygens (including phenoxy) is 1. The normalized spacial score (nSPS) is 15.9. The highest BCUT2D eigenvalue weighted by Crippen LogP contribution is 2.47. The molecule has 4 rings (SSSR count). The van der Waals surface area contributed by atoms with Gasteiger partial charge in [-0.3, -0.25) is 4.79 Å². The monoisotopic (exact) mass is 638 g/mol. The second kappa shape index (κ2) is 15.0. The molecule has 1 atom stereocenters. The van der Waals surface area contributed by atoms with Gasteiger partial charge < -0.3 is 20.1 Å². The molecule has 8 nitrogen and oxygen atoms in total. The van der Waals surface area contributed by atoms with E-state index in [1.54, 1.807) is 36.4 Å². The van der Waals surface area contributed by atoms with Gasteiger partial charge >= 0.3 is 5.97 Å². The highest BCUT2D eigenvalue weighted by atomic mass is 32.2. The van der Waals surface area contributed by atoms with Crippen LogP contribution in [0.1, 0.15) is 64.0 Å². The topological polar surface area (TPSA) is 113 Å². The Kier molecular flexibility index (Phi) is 11.4. The number of nitrogens with zero attached hydrogens (tertiary/aromatic N) is 1. The molecule has 3 aromatic rings. The number of carbonyl (C=O) groups is 2. The number of anilines is 2. The second-order valence-electron chi connectivity index (χ2n) is 11.4. The van der Waals surface area contributed by atoms with Gasteiger partial charge in [0.2, 0.25) is 0 Å². The Morgan fingerprint density at radius 1 is 1.00 bits per heavy atom. The van der Waals surface area contributed by atoms with Crippen molar-refractivity contribution in [2.75, 3.05) is 30.1 Å². The number of carbonyl (C=O) groups excluding carboxylic acids is 1. The lowest BCUT2D eigenvalue weighted by molar-refractivity contribution is -0.142. The van der Waals surface area contributed by atoms with Crippen LogP contribution in [0.15, 0.2) is 82.6 Å². The smallest absolute Gasteiger partial charge is 0.330 e. The van der Waals surface area contributed by atoms with Gasteiger partial charge in [0.15, 0.2) is 22.5 Å².